The number of nitrogens with one attached hydrogen (secondary N) is 1. The van der Waals surface area contributed by atoms with Gasteiger partial charge in [0.05, 0.1) is 0 Å². The summed E-state index contributed by atoms with van der Waals surface area (Å²) < 4.78 is 0. The standard InChI is InChI=1S/C16H27N5OS/c1-2-19-9-4-14(5-10-19)18-15(22)20-7-3-8-21(12-11-20)16-17-6-13-23-16/h6,13-14H,2-5,7-12H2,1H3,(H,18,22). The normalized spacial score (nSPS) is 21.3. The fourth-order valence-electron chi connectivity index (χ4n) is 3.34. The van der Waals surface area contributed by atoms with E-state index in [4.69, 9.17) is 0 Å². The van der Waals surface area contributed by atoms with Crippen LogP contribution in [-0.4, -0.2) is 72.7 Å². The van der Waals surface area contributed by atoms with Crippen molar-refractivity contribution < 1.29 is 4.79 Å². The van der Waals surface area contributed by atoms with E-state index in [1.54, 1.807) is 11.3 Å². The lowest BCUT2D eigenvalue weighted by Crippen LogP contribution is -2.50. The number of anilines is 1. The first-order valence-electron chi connectivity index (χ1n) is 8.68. The van der Waals surface area contributed by atoms with Gasteiger partial charge in [-0.05, 0) is 25.8 Å². The van der Waals surface area contributed by atoms with Gasteiger partial charge in [-0.2, -0.15) is 0 Å². The van der Waals surface area contributed by atoms with Gasteiger partial charge in [-0.25, -0.2) is 9.78 Å². The van der Waals surface area contributed by atoms with Crippen molar-refractivity contribution in [2.24, 2.45) is 0 Å². The summed E-state index contributed by atoms with van der Waals surface area (Å²) in [4.78, 5) is 23.6. The molecule has 23 heavy (non-hydrogen) atoms. The number of urea groups is 1. The third kappa shape index (κ3) is 4.35. The molecular weight excluding hydrogens is 310 g/mol. The van der Waals surface area contributed by atoms with E-state index in [-0.39, 0.29) is 6.03 Å². The predicted molar refractivity (Wildman–Crippen MR) is 94.2 cm³/mol. The van der Waals surface area contributed by atoms with E-state index < -0.39 is 0 Å². The SMILES string of the molecule is CCN1CCC(NC(=O)N2CCCN(c3nccs3)CC2)CC1. The molecule has 128 valence electrons. The summed E-state index contributed by atoms with van der Waals surface area (Å²) in [6.07, 6.45) is 4.98. The number of amides is 2. The fourth-order valence-corrected chi connectivity index (χ4v) is 4.04. The maximum atomic E-state index is 12.5. The Balaban J connectivity index is 1.46. The van der Waals surface area contributed by atoms with Crippen LogP contribution in [0, 0.1) is 0 Å². The highest BCUT2D eigenvalue weighted by molar-refractivity contribution is 7.13. The molecule has 2 aliphatic heterocycles. The molecule has 6 nitrogen and oxygen atoms in total. The Bertz CT molecular complexity index is 487. The Kier molecular flexibility index (Phi) is 5.72. The quantitative estimate of drug-likeness (QED) is 0.914. The maximum Gasteiger partial charge on any atom is 0.317 e. The van der Waals surface area contributed by atoms with E-state index in [9.17, 15) is 4.79 Å². The second kappa shape index (κ2) is 7.97. The first-order chi connectivity index (χ1) is 11.3. The number of likely N-dealkylation sites (tertiary alicyclic amines) is 1. The van der Waals surface area contributed by atoms with Crippen LogP contribution < -0.4 is 10.2 Å². The van der Waals surface area contributed by atoms with E-state index in [1.165, 1.54) is 0 Å². The topological polar surface area (TPSA) is 51.7 Å². The van der Waals surface area contributed by atoms with Crippen LogP contribution in [0.1, 0.15) is 26.2 Å². The zero-order chi connectivity index (χ0) is 16.1. The number of nitrogens with zero attached hydrogens (tertiary/aromatic N) is 4. The molecule has 1 aromatic rings. The third-order valence-corrected chi connectivity index (χ3v) is 5.67. The monoisotopic (exact) mass is 337 g/mol. The van der Waals surface area contributed by atoms with Crippen molar-refractivity contribution in [3.8, 4) is 0 Å². The molecule has 0 bridgehead atoms. The molecule has 1 N–H and O–H groups in total. The number of carbonyl (C=O) groups is 1. The molecule has 0 atom stereocenters. The first kappa shape index (κ1) is 16.5. The predicted octanol–water partition coefficient (Wildman–Crippen LogP) is 1.85. The number of hydrogen-bond donors (Lipinski definition) is 1. The fraction of sp³-hybridized carbons (Fsp3) is 0.750. The molecule has 3 rings (SSSR count). The maximum absolute atomic E-state index is 12.5. The molecule has 0 unspecified atom stereocenters. The molecule has 2 fully saturated rings. The molecule has 3 heterocycles. The Morgan fingerprint density at radius 3 is 2.78 bits per heavy atom. The molecule has 0 saturated carbocycles. The number of rotatable bonds is 3. The smallest absolute Gasteiger partial charge is 0.317 e. The lowest BCUT2D eigenvalue weighted by molar-refractivity contribution is 0.177. The Hall–Kier alpha value is -1.34. The largest absolute Gasteiger partial charge is 0.346 e. The van der Waals surface area contributed by atoms with Crippen LogP contribution in [-0.2, 0) is 0 Å². The van der Waals surface area contributed by atoms with Crippen LogP contribution in [0.4, 0.5) is 9.93 Å². The van der Waals surface area contributed by atoms with Crippen LogP contribution in [0.3, 0.4) is 0 Å². The number of hydrogen-bond acceptors (Lipinski definition) is 5. The third-order valence-electron chi connectivity index (χ3n) is 4.84. The average Bonchev–Trinajstić information content (AvgIpc) is 3.00. The summed E-state index contributed by atoms with van der Waals surface area (Å²) in [5, 5.41) is 6.32. The zero-order valence-electron chi connectivity index (χ0n) is 13.9. The molecule has 0 aromatic carbocycles. The summed E-state index contributed by atoms with van der Waals surface area (Å²) in [5.74, 6) is 0. The minimum Gasteiger partial charge on any atom is -0.346 e. The van der Waals surface area contributed by atoms with Crippen LogP contribution in [0.25, 0.3) is 0 Å². The molecule has 2 saturated heterocycles. The molecule has 0 aliphatic carbocycles. The minimum absolute atomic E-state index is 0.112. The molecule has 0 radical (unpaired) electrons. The Labute approximate surface area is 142 Å². The van der Waals surface area contributed by atoms with Crippen molar-refractivity contribution in [1.82, 2.24) is 20.1 Å². The lowest BCUT2D eigenvalue weighted by atomic mass is 10.1. The van der Waals surface area contributed by atoms with Gasteiger partial charge in [0.2, 0.25) is 0 Å². The van der Waals surface area contributed by atoms with Gasteiger partial charge in [0, 0.05) is 56.9 Å². The van der Waals surface area contributed by atoms with Crippen LogP contribution in [0.15, 0.2) is 11.6 Å². The van der Waals surface area contributed by atoms with Gasteiger partial charge in [0.25, 0.3) is 0 Å². The van der Waals surface area contributed by atoms with Gasteiger partial charge in [-0.3, -0.25) is 0 Å². The van der Waals surface area contributed by atoms with Gasteiger partial charge < -0.3 is 20.0 Å². The zero-order valence-corrected chi connectivity index (χ0v) is 14.7. The van der Waals surface area contributed by atoms with E-state index >= 15 is 0 Å². The van der Waals surface area contributed by atoms with Crippen molar-refractivity contribution in [2.45, 2.75) is 32.2 Å². The number of piperidine rings is 1. The second-order valence-corrected chi connectivity index (χ2v) is 7.17. The Morgan fingerprint density at radius 1 is 1.26 bits per heavy atom. The molecule has 2 amide bonds. The number of thiazole rings is 1. The number of aromatic nitrogens is 1. The van der Waals surface area contributed by atoms with Gasteiger partial charge in [-0.15, -0.1) is 11.3 Å². The summed E-state index contributed by atoms with van der Waals surface area (Å²) in [7, 11) is 0. The first-order valence-corrected chi connectivity index (χ1v) is 9.56. The van der Waals surface area contributed by atoms with Crippen LogP contribution >= 0.6 is 11.3 Å². The summed E-state index contributed by atoms with van der Waals surface area (Å²) >= 11 is 1.67. The van der Waals surface area contributed by atoms with Gasteiger partial charge in [0.1, 0.15) is 0 Å². The second-order valence-electron chi connectivity index (χ2n) is 6.30. The summed E-state index contributed by atoms with van der Waals surface area (Å²) in [6.45, 7) is 8.96. The van der Waals surface area contributed by atoms with E-state index in [1.807, 2.05) is 16.5 Å². The number of carbonyl (C=O) groups excluding carboxylic acids is 1. The Morgan fingerprint density at radius 2 is 2.09 bits per heavy atom. The summed E-state index contributed by atoms with van der Waals surface area (Å²) in [6, 6.07) is 0.449. The van der Waals surface area contributed by atoms with Crippen molar-refractivity contribution in [1.29, 1.82) is 0 Å². The summed E-state index contributed by atoms with van der Waals surface area (Å²) in [5.41, 5.74) is 0. The lowest BCUT2D eigenvalue weighted by Gasteiger charge is -2.33. The minimum atomic E-state index is 0.112. The highest BCUT2D eigenvalue weighted by Gasteiger charge is 2.24. The van der Waals surface area contributed by atoms with Gasteiger partial charge in [0.15, 0.2) is 5.13 Å². The van der Waals surface area contributed by atoms with Crippen molar-refractivity contribution in [3.05, 3.63) is 11.6 Å². The van der Waals surface area contributed by atoms with Crippen LogP contribution in [0.2, 0.25) is 0 Å². The van der Waals surface area contributed by atoms with Crippen molar-refractivity contribution in [3.63, 3.8) is 0 Å². The molecule has 1 aromatic heterocycles. The molecule has 2 aliphatic rings. The highest BCUT2D eigenvalue weighted by Crippen LogP contribution is 2.19. The van der Waals surface area contributed by atoms with Gasteiger partial charge >= 0.3 is 6.03 Å². The van der Waals surface area contributed by atoms with E-state index in [0.29, 0.717) is 6.04 Å². The van der Waals surface area contributed by atoms with Crippen LogP contribution in [0.5, 0.6) is 0 Å². The van der Waals surface area contributed by atoms with Crippen molar-refractivity contribution in [2.75, 3.05) is 50.7 Å². The molecule has 0 spiro atoms. The molecule has 7 heteroatoms. The van der Waals surface area contributed by atoms with Gasteiger partial charge in [-0.1, -0.05) is 6.92 Å². The molecular formula is C16H27N5OS. The average molecular weight is 337 g/mol. The van der Waals surface area contributed by atoms with Crippen molar-refractivity contribution >= 4 is 22.5 Å². The van der Waals surface area contributed by atoms with E-state index in [2.05, 4.69) is 27.0 Å². The van der Waals surface area contributed by atoms with E-state index in [0.717, 1.165) is 70.2 Å². The highest BCUT2D eigenvalue weighted by atomic mass is 32.1.